The van der Waals surface area contributed by atoms with Crippen LogP contribution in [0.1, 0.15) is 111 Å². The lowest BCUT2D eigenvalue weighted by Crippen LogP contribution is -2.17. The first-order chi connectivity index (χ1) is 56.3. The predicted octanol–water partition coefficient (Wildman–Crippen LogP) is 26.9. The van der Waals surface area contributed by atoms with Crippen molar-refractivity contribution in [1.82, 2.24) is 53.6 Å². The van der Waals surface area contributed by atoms with Crippen LogP contribution < -0.4 is 0 Å². The molecule has 0 amide bonds. The first kappa shape index (κ1) is 76.0. The van der Waals surface area contributed by atoms with Gasteiger partial charge in [-0.2, -0.15) is 0 Å². The molecule has 0 aliphatic rings. The van der Waals surface area contributed by atoms with E-state index in [1.165, 1.54) is 54.8 Å². The summed E-state index contributed by atoms with van der Waals surface area (Å²) in [5.74, 6) is 4.52. The summed E-state index contributed by atoms with van der Waals surface area (Å²) in [5.41, 5.74) is 22.6. The fraction of sp³-hybridized carbons (Fsp3) is 0.170. The zero-order chi connectivity index (χ0) is 81.1. The molecule has 6 heterocycles. The second kappa shape index (κ2) is 30.6. The summed E-state index contributed by atoms with van der Waals surface area (Å²) >= 11 is 0. The summed E-state index contributed by atoms with van der Waals surface area (Å²) in [7, 11) is 2.12. The van der Waals surface area contributed by atoms with Crippen molar-refractivity contribution in [2.45, 2.75) is 112 Å². The minimum absolute atomic E-state index is 0.133. The predicted molar refractivity (Wildman–Crippen MR) is 487 cm³/mol. The van der Waals surface area contributed by atoms with E-state index in [1.54, 1.807) is 0 Å². The third-order valence-electron chi connectivity index (χ3n) is 22.2. The second-order valence-corrected chi connectivity index (χ2v) is 34.6. The lowest BCUT2D eigenvalue weighted by atomic mass is 9.79. The van der Waals surface area contributed by atoms with Crippen LogP contribution in [0.15, 0.2) is 322 Å². The molecule has 0 atom stereocenters. The smallest absolute Gasteiger partial charge is 0.164 e. The van der Waals surface area contributed by atoms with Gasteiger partial charge >= 0.3 is 0 Å². The maximum Gasteiger partial charge on any atom is 0.164 e. The van der Waals surface area contributed by atoms with Crippen LogP contribution in [0, 0.1) is 6.92 Å². The lowest BCUT2D eigenvalue weighted by molar-refractivity contribution is 0.568. The Bertz CT molecular complexity index is 6580. The SMILES string of the molecule is CC(C)(C)c1cc(-c2nc(-c3cc(C(C)(C)C)cc(C(C)(C)C)c3)nc(-c3ccc(-n4c5ccccc5c5cc6c7ccccc7n(-c7ccccc7)c6cc54)c(-c4nc(-c5ccccc5)cc(-c5ccccc5)n4)c3)n2)cc(C(C)(C)C)c1.Cc1nc(-c2ccccc2)nc(-c2ccccc2)n1.Cn1c2ccccc2c2ccccc21. The normalized spacial score (nSPS) is 12.0. The van der Waals surface area contributed by atoms with E-state index in [4.69, 9.17) is 24.9 Å². The van der Waals surface area contributed by atoms with E-state index >= 15 is 0 Å². The Morgan fingerprint density at radius 2 is 0.547 bits per heavy atom. The lowest BCUT2D eigenvalue weighted by Gasteiger charge is -2.26. The minimum atomic E-state index is -0.133. The molecule has 6 aromatic heterocycles. The van der Waals surface area contributed by atoms with Crippen molar-refractivity contribution in [3.8, 4) is 102 Å². The standard InChI is InChI=1S/C77H71N7.C16H13N3.C13H11N/c1-74(2,3)53-38-51(39-54(43-53)75(4,5)6)71-80-70(81-72(82-71)52-40-55(76(7,8)9)44-56(41-52)77(10,11)12)50-36-37-67(62(42-50)73-78-63(48-26-16-13-17-27-48)46-64(79-73)49-28-18-14-19-29-49)84-66-35-25-23-33-59(66)61-45-60-58-32-22-24-34-65(58)83(68(60)47-69(61)84)57-30-20-15-21-31-57;1-12-17-15(13-8-4-2-5-9-13)19-16(18-12)14-10-6-3-7-11-14;1-14-12-8-4-2-6-10(12)11-7-3-5-9-13(11)14/h13-47H,1-12H3;2-11H,1H3;2-9H,1H3. The van der Waals surface area contributed by atoms with Crippen LogP contribution in [0.4, 0.5) is 0 Å². The average molecular weight is 1520 g/mol. The Morgan fingerprint density at radius 1 is 0.222 bits per heavy atom. The number of benzene rings is 13. The second-order valence-electron chi connectivity index (χ2n) is 34.6. The van der Waals surface area contributed by atoms with Crippen LogP contribution in [0.25, 0.3) is 168 Å². The zero-order valence-electron chi connectivity index (χ0n) is 69.0. The summed E-state index contributed by atoms with van der Waals surface area (Å²) in [4.78, 5) is 41.2. The van der Waals surface area contributed by atoms with Gasteiger partial charge < -0.3 is 13.7 Å². The molecule has 0 aliphatic carbocycles. The Morgan fingerprint density at radius 3 is 0.949 bits per heavy atom. The largest absolute Gasteiger partial charge is 0.344 e. The van der Waals surface area contributed by atoms with Crippen molar-refractivity contribution in [1.29, 1.82) is 0 Å². The minimum Gasteiger partial charge on any atom is -0.344 e. The molecule has 0 spiro atoms. The molecule has 574 valence electrons. The molecule has 11 heteroatoms. The van der Waals surface area contributed by atoms with E-state index in [0.717, 1.165) is 106 Å². The first-order valence-electron chi connectivity index (χ1n) is 40.4. The highest BCUT2D eigenvalue weighted by Gasteiger charge is 2.28. The van der Waals surface area contributed by atoms with Gasteiger partial charge in [-0.05, 0) is 148 Å². The van der Waals surface area contributed by atoms with Crippen molar-refractivity contribution >= 4 is 65.4 Å². The molecule has 0 saturated heterocycles. The number of para-hydroxylation sites is 5. The number of aromatic nitrogens is 11. The Hall–Kier alpha value is -13.6. The highest BCUT2D eigenvalue weighted by molar-refractivity contribution is 6.19. The van der Waals surface area contributed by atoms with Gasteiger partial charge in [0.05, 0.1) is 39.1 Å². The molecule has 0 aliphatic heterocycles. The van der Waals surface area contributed by atoms with Crippen molar-refractivity contribution < 1.29 is 0 Å². The number of aryl methyl sites for hydroxylation is 2. The molecule has 11 nitrogen and oxygen atoms in total. The molecule has 0 bridgehead atoms. The van der Waals surface area contributed by atoms with Gasteiger partial charge in [-0.3, -0.25) is 0 Å². The average Bonchev–Trinajstić information content (AvgIpc) is 1.55. The summed E-state index contributed by atoms with van der Waals surface area (Å²) in [6.07, 6.45) is 0. The fourth-order valence-electron chi connectivity index (χ4n) is 15.7. The molecule has 0 unspecified atom stereocenters. The third kappa shape index (κ3) is 15.3. The Kier molecular flexibility index (Phi) is 19.9. The molecule has 19 rings (SSSR count). The van der Waals surface area contributed by atoms with Gasteiger partial charge in [0, 0.05) is 101 Å². The Balaban J connectivity index is 0.000000242. The van der Waals surface area contributed by atoms with E-state index in [-0.39, 0.29) is 21.7 Å². The van der Waals surface area contributed by atoms with Gasteiger partial charge in [-0.1, -0.05) is 308 Å². The Labute approximate surface area is 685 Å². The quantitative estimate of drug-likeness (QED) is 0.133. The van der Waals surface area contributed by atoms with Crippen molar-refractivity contribution in [2.24, 2.45) is 7.05 Å². The van der Waals surface area contributed by atoms with Gasteiger partial charge in [0.25, 0.3) is 0 Å². The van der Waals surface area contributed by atoms with Crippen molar-refractivity contribution in [3.63, 3.8) is 0 Å². The molecule has 0 fully saturated rings. The van der Waals surface area contributed by atoms with Gasteiger partial charge in [0.15, 0.2) is 34.9 Å². The van der Waals surface area contributed by atoms with Gasteiger partial charge in [0.1, 0.15) is 5.82 Å². The highest BCUT2D eigenvalue weighted by atomic mass is 15.1. The van der Waals surface area contributed by atoms with E-state index in [9.17, 15) is 0 Å². The number of hydrogen-bond donors (Lipinski definition) is 0. The van der Waals surface area contributed by atoms with Crippen LogP contribution in [-0.2, 0) is 28.7 Å². The number of nitrogens with zero attached hydrogens (tertiary/aromatic N) is 11. The van der Waals surface area contributed by atoms with Crippen LogP contribution in [0.2, 0.25) is 0 Å². The van der Waals surface area contributed by atoms with E-state index in [0.29, 0.717) is 34.9 Å². The van der Waals surface area contributed by atoms with Crippen molar-refractivity contribution in [2.75, 3.05) is 0 Å². The molecule has 117 heavy (non-hydrogen) atoms. The van der Waals surface area contributed by atoms with Crippen LogP contribution in [-0.4, -0.2) is 53.6 Å². The number of hydrogen-bond acceptors (Lipinski definition) is 8. The van der Waals surface area contributed by atoms with E-state index in [1.807, 2.05) is 79.7 Å². The third-order valence-corrected chi connectivity index (χ3v) is 22.2. The summed E-state index contributed by atoms with van der Waals surface area (Å²) in [6.45, 7) is 29.2. The fourth-order valence-corrected chi connectivity index (χ4v) is 15.7. The maximum atomic E-state index is 5.58. The summed E-state index contributed by atoms with van der Waals surface area (Å²) in [6, 6.07) is 113. The van der Waals surface area contributed by atoms with E-state index in [2.05, 4.69) is 368 Å². The van der Waals surface area contributed by atoms with Crippen LogP contribution >= 0.6 is 0 Å². The number of fused-ring (bicyclic) bond motifs is 9. The molecule has 0 N–H and O–H groups in total. The zero-order valence-corrected chi connectivity index (χ0v) is 69.0. The molecular formula is C106H95N11. The molecule has 0 radical (unpaired) electrons. The topological polar surface area (TPSA) is 118 Å². The summed E-state index contributed by atoms with van der Waals surface area (Å²) in [5, 5.41) is 7.37. The number of rotatable bonds is 10. The highest BCUT2D eigenvalue weighted by Crippen LogP contribution is 2.45. The molecule has 13 aromatic carbocycles. The van der Waals surface area contributed by atoms with E-state index < -0.39 is 0 Å². The van der Waals surface area contributed by atoms with Gasteiger partial charge in [0.2, 0.25) is 0 Å². The summed E-state index contributed by atoms with van der Waals surface area (Å²) < 4.78 is 7.05. The monoisotopic (exact) mass is 1520 g/mol. The van der Waals surface area contributed by atoms with Gasteiger partial charge in [-0.25, -0.2) is 39.9 Å². The van der Waals surface area contributed by atoms with Crippen LogP contribution in [0.5, 0.6) is 0 Å². The molecule has 0 saturated carbocycles. The van der Waals surface area contributed by atoms with Gasteiger partial charge in [-0.15, -0.1) is 0 Å². The maximum absolute atomic E-state index is 5.58. The van der Waals surface area contributed by atoms with Crippen molar-refractivity contribution in [3.05, 3.63) is 350 Å². The van der Waals surface area contributed by atoms with Crippen LogP contribution in [0.3, 0.4) is 0 Å². The molecule has 19 aromatic rings. The molecular weight excluding hydrogens is 1430 g/mol. The first-order valence-corrected chi connectivity index (χ1v) is 40.4.